The van der Waals surface area contributed by atoms with Gasteiger partial charge in [0.2, 0.25) is 0 Å². The Morgan fingerprint density at radius 1 is 1.26 bits per heavy atom. The van der Waals surface area contributed by atoms with Gasteiger partial charge in [-0.25, -0.2) is 4.99 Å². The largest absolute Gasteiger partial charge is 0.488 e. The van der Waals surface area contributed by atoms with Crippen LogP contribution in [0.4, 0.5) is 5.00 Å². The molecule has 1 N–H and O–H groups in total. The van der Waals surface area contributed by atoms with Crippen molar-refractivity contribution in [1.82, 2.24) is 5.32 Å². The van der Waals surface area contributed by atoms with Crippen LogP contribution in [0.3, 0.4) is 0 Å². The summed E-state index contributed by atoms with van der Waals surface area (Å²) in [5.74, 6) is 1.43. The molecule has 0 spiro atoms. The van der Waals surface area contributed by atoms with E-state index in [1.165, 1.54) is 16.9 Å². The molecule has 1 amide bonds. The normalized spacial score (nSPS) is 17.4. The molecule has 1 saturated carbocycles. The van der Waals surface area contributed by atoms with Gasteiger partial charge in [-0.05, 0) is 67.9 Å². The van der Waals surface area contributed by atoms with E-state index in [0.717, 1.165) is 58.3 Å². The van der Waals surface area contributed by atoms with Gasteiger partial charge in [0.25, 0.3) is 5.91 Å². The topological polar surface area (TPSA) is 50.7 Å². The molecule has 7 heteroatoms. The molecule has 1 aromatic heterocycles. The number of benzene rings is 2. The van der Waals surface area contributed by atoms with Crippen LogP contribution in [-0.2, 0) is 19.4 Å². The van der Waals surface area contributed by atoms with Crippen molar-refractivity contribution in [3.05, 3.63) is 79.1 Å². The maximum absolute atomic E-state index is 13.2. The molecular weight excluding hydrogens is 544 g/mol. The van der Waals surface area contributed by atoms with Gasteiger partial charge in [-0.2, -0.15) is 0 Å². The van der Waals surface area contributed by atoms with Crippen molar-refractivity contribution < 1.29 is 9.53 Å². The number of carbonyl (C=O) groups is 1. The second-order valence-corrected chi connectivity index (χ2v) is 11.7. The van der Waals surface area contributed by atoms with E-state index in [0.29, 0.717) is 29.3 Å². The highest BCUT2D eigenvalue weighted by atomic mass is 79.9. The Balaban J connectivity index is 1.44. The Hall–Kier alpha value is -2.15. The average molecular weight is 572 g/mol. The Kier molecular flexibility index (Phi) is 7.61. The Morgan fingerprint density at radius 2 is 2.09 bits per heavy atom. The van der Waals surface area contributed by atoms with E-state index in [1.54, 1.807) is 11.3 Å². The SMILES string of the molecule is CC[C@H]1CCc2c(sc(N=Cc3cc(Br)ccc3OCc3ccccc3Cl)c2C(=O)NC2CC2)C1. The Morgan fingerprint density at radius 3 is 2.86 bits per heavy atom. The number of thiophene rings is 1. The molecule has 1 fully saturated rings. The highest BCUT2D eigenvalue weighted by molar-refractivity contribution is 9.10. The Labute approximate surface area is 223 Å². The van der Waals surface area contributed by atoms with Crippen molar-refractivity contribution in [2.75, 3.05) is 0 Å². The van der Waals surface area contributed by atoms with E-state index < -0.39 is 0 Å². The molecule has 0 saturated heterocycles. The lowest BCUT2D eigenvalue weighted by molar-refractivity contribution is 0.0951. The number of halogens is 2. The number of fused-ring (bicyclic) bond motifs is 1. The maximum Gasteiger partial charge on any atom is 0.254 e. The molecule has 2 aliphatic rings. The molecule has 0 unspecified atom stereocenters. The first-order valence-corrected chi connectivity index (χ1v) is 14.2. The zero-order valence-corrected chi connectivity index (χ0v) is 22.8. The summed E-state index contributed by atoms with van der Waals surface area (Å²) in [5.41, 5.74) is 3.75. The molecule has 4 nitrogen and oxygen atoms in total. The van der Waals surface area contributed by atoms with E-state index >= 15 is 0 Å². The summed E-state index contributed by atoms with van der Waals surface area (Å²) in [6.07, 6.45) is 8.25. The van der Waals surface area contributed by atoms with Crippen molar-refractivity contribution in [2.24, 2.45) is 10.9 Å². The van der Waals surface area contributed by atoms with Crippen LogP contribution in [0.25, 0.3) is 0 Å². The highest BCUT2D eigenvalue weighted by Gasteiger charge is 2.31. The van der Waals surface area contributed by atoms with Crippen LogP contribution in [0.5, 0.6) is 5.75 Å². The van der Waals surface area contributed by atoms with Gasteiger partial charge in [-0.3, -0.25) is 4.79 Å². The molecule has 0 radical (unpaired) electrons. The monoisotopic (exact) mass is 570 g/mol. The van der Waals surface area contributed by atoms with Crippen LogP contribution in [0.2, 0.25) is 5.02 Å². The van der Waals surface area contributed by atoms with Crippen molar-refractivity contribution >= 4 is 56.0 Å². The van der Waals surface area contributed by atoms with Crippen molar-refractivity contribution in [2.45, 2.75) is 58.1 Å². The smallest absolute Gasteiger partial charge is 0.254 e. The number of nitrogens with zero attached hydrogens (tertiary/aromatic N) is 1. The van der Waals surface area contributed by atoms with Crippen molar-refractivity contribution in [1.29, 1.82) is 0 Å². The summed E-state index contributed by atoms with van der Waals surface area (Å²) in [5, 5.41) is 4.66. The number of nitrogens with one attached hydrogen (secondary N) is 1. The summed E-state index contributed by atoms with van der Waals surface area (Å²) in [6, 6.07) is 13.8. The van der Waals surface area contributed by atoms with Crippen LogP contribution >= 0.6 is 38.9 Å². The molecule has 5 rings (SSSR count). The van der Waals surface area contributed by atoms with Gasteiger partial charge in [-0.15, -0.1) is 11.3 Å². The van der Waals surface area contributed by atoms with Gasteiger partial charge in [0.05, 0.1) is 5.56 Å². The minimum absolute atomic E-state index is 0.0246. The van der Waals surface area contributed by atoms with E-state index in [9.17, 15) is 4.79 Å². The molecule has 0 aliphatic heterocycles. The standard InChI is InChI=1S/C28H28BrClN2O2S/c1-2-17-7-11-22-25(13-17)35-28(26(22)27(33)32-21-9-10-21)31-15-19-14-20(29)8-12-24(19)34-16-18-5-3-4-6-23(18)30/h3-6,8,12,14-15,17,21H,2,7,9-11,13,16H2,1H3,(H,32,33)/t17-/m0/s1. The van der Waals surface area contributed by atoms with Crippen molar-refractivity contribution in [3.63, 3.8) is 0 Å². The average Bonchev–Trinajstić information content (AvgIpc) is 3.59. The van der Waals surface area contributed by atoms with E-state index in [1.807, 2.05) is 48.7 Å². The van der Waals surface area contributed by atoms with Crippen LogP contribution in [0, 0.1) is 5.92 Å². The van der Waals surface area contributed by atoms with Gasteiger partial charge < -0.3 is 10.1 Å². The number of rotatable bonds is 8. The van der Waals surface area contributed by atoms with E-state index in [4.69, 9.17) is 21.3 Å². The third-order valence-corrected chi connectivity index (χ3v) is 8.72. The summed E-state index contributed by atoms with van der Waals surface area (Å²) in [7, 11) is 0. The quantitative estimate of drug-likeness (QED) is 0.279. The summed E-state index contributed by atoms with van der Waals surface area (Å²) in [6.45, 7) is 2.61. The fourth-order valence-electron chi connectivity index (χ4n) is 4.45. The van der Waals surface area contributed by atoms with E-state index in [-0.39, 0.29) is 5.91 Å². The first-order chi connectivity index (χ1) is 17.0. The molecule has 2 aliphatic carbocycles. The van der Waals surface area contributed by atoms with Gasteiger partial charge in [0.1, 0.15) is 17.4 Å². The molecule has 182 valence electrons. The van der Waals surface area contributed by atoms with Gasteiger partial charge >= 0.3 is 0 Å². The lowest BCUT2D eigenvalue weighted by atomic mass is 9.85. The van der Waals surface area contributed by atoms with Gasteiger partial charge in [0.15, 0.2) is 0 Å². The number of aliphatic imine (C=N–C) groups is 1. The van der Waals surface area contributed by atoms with Crippen molar-refractivity contribution in [3.8, 4) is 5.75 Å². The fourth-order valence-corrected chi connectivity index (χ4v) is 6.32. The predicted molar refractivity (Wildman–Crippen MR) is 148 cm³/mol. The van der Waals surface area contributed by atoms with Crippen LogP contribution in [0.15, 0.2) is 51.9 Å². The molecule has 3 aromatic rings. The zero-order chi connectivity index (χ0) is 24.4. The molecular formula is C28H28BrClN2O2S. The van der Waals surface area contributed by atoms with Gasteiger partial charge in [-0.1, -0.05) is 59.1 Å². The lowest BCUT2D eigenvalue weighted by Gasteiger charge is -2.21. The second-order valence-electron chi connectivity index (χ2n) is 9.27. The molecule has 2 aromatic carbocycles. The van der Waals surface area contributed by atoms with Crippen LogP contribution < -0.4 is 10.1 Å². The highest BCUT2D eigenvalue weighted by Crippen LogP contribution is 2.42. The molecule has 1 atom stereocenters. The van der Waals surface area contributed by atoms with Crippen LogP contribution in [-0.4, -0.2) is 18.2 Å². The number of hydrogen-bond donors (Lipinski definition) is 1. The van der Waals surface area contributed by atoms with Gasteiger partial charge in [0, 0.05) is 37.8 Å². The number of hydrogen-bond acceptors (Lipinski definition) is 4. The zero-order valence-electron chi connectivity index (χ0n) is 19.7. The minimum atomic E-state index is 0.0246. The number of amides is 1. The lowest BCUT2D eigenvalue weighted by Crippen LogP contribution is -2.26. The third kappa shape index (κ3) is 5.82. The summed E-state index contributed by atoms with van der Waals surface area (Å²) >= 11 is 11.5. The molecule has 1 heterocycles. The van der Waals surface area contributed by atoms with E-state index in [2.05, 4.69) is 28.2 Å². The summed E-state index contributed by atoms with van der Waals surface area (Å²) < 4.78 is 7.06. The molecule has 0 bridgehead atoms. The first kappa shape index (κ1) is 24.5. The predicted octanol–water partition coefficient (Wildman–Crippen LogP) is 7.90. The van der Waals surface area contributed by atoms with Crippen LogP contribution in [0.1, 0.15) is 64.5 Å². The second kappa shape index (κ2) is 10.9. The molecule has 35 heavy (non-hydrogen) atoms. The minimum Gasteiger partial charge on any atom is -0.488 e. The number of ether oxygens (including phenoxy) is 1. The third-order valence-electron chi connectivity index (χ3n) is 6.70. The summed E-state index contributed by atoms with van der Waals surface area (Å²) in [4.78, 5) is 19.4. The fraction of sp³-hybridized carbons (Fsp3) is 0.357. The maximum atomic E-state index is 13.2. The first-order valence-electron chi connectivity index (χ1n) is 12.2. The Bertz CT molecular complexity index is 1270. The number of carbonyl (C=O) groups excluding carboxylic acids is 1.